The first kappa shape index (κ1) is 11.8. The molecule has 0 fully saturated rings. The molecular formula is C10H13F3NO+. The van der Waals surface area contributed by atoms with E-state index in [-0.39, 0.29) is 6.42 Å². The highest BCUT2D eigenvalue weighted by Gasteiger charge is 2.40. The average molecular weight is 220 g/mol. The second-order valence-corrected chi connectivity index (χ2v) is 3.29. The fraction of sp³-hybridized carbons (Fsp3) is 0.400. The Labute approximate surface area is 85.8 Å². The molecule has 0 heterocycles. The van der Waals surface area contributed by atoms with E-state index < -0.39 is 12.2 Å². The second-order valence-electron chi connectivity index (χ2n) is 3.29. The first-order valence-corrected chi connectivity index (χ1v) is 4.46. The Balaban J connectivity index is 2.65. The minimum Gasteiger partial charge on any atom is -0.497 e. The van der Waals surface area contributed by atoms with Gasteiger partial charge in [-0.2, -0.15) is 13.2 Å². The Morgan fingerprint density at radius 3 is 2.20 bits per heavy atom. The minimum absolute atomic E-state index is 0.104. The van der Waals surface area contributed by atoms with Gasteiger partial charge in [0.15, 0.2) is 6.04 Å². The largest absolute Gasteiger partial charge is 0.497 e. The minimum atomic E-state index is -4.24. The quantitative estimate of drug-likeness (QED) is 0.821. The summed E-state index contributed by atoms with van der Waals surface area (Å²) in [6, 6.07) is 4.94. The normalized spacial score (nSPS) is 13.7. The molecule has 0 bridgehead atoms. The van der Waals surface area contributed by atoms with E-state index in [1.54, 1.807) is 24.3 Å². The highest BCUT2D eigenvalue weighted by molar-refractivity contribution is 5.27. The maximum absolute atomic E-state index is 12.2. The van der Waals surface area contributed by atoms with Gasteiger partial charge in [-0.25, -0.2) is 0 Å². The zero-order valence-corrected chi connectivity index (χ0v) is 8.34. The molecule has 0 aliphatic rings. The number of halogens is 3. The van der Waals surface area contributed by atoms with Crippen LogP contribution in [0.5, 0.6) is 5.75 Å². The highest BCUT2D eigenvalue weighted by atomic mass is 19.4. The summed E-state index contributed by atoms with van der Waals surface area (Å²) in [4.78, 5) is 0. The zero-order chi connectivity index (χ0) is 11.5. The van der Waals surface area contributed by atoms with Gasteiger partial charge in [-0.05, 0) is 17.7 Å². The van der Waals surface area contributed by atoms with Crippen molar-refractivity contribution >= 4 is 0 Å². The molecule has 0 saturated carbocycles. The molecule has 3 N–H and O–H groups in total. The molecule has 0 radical (unpaired) electrons. The van der Waals surface area contributed by atoms with Gasteiger partial charge in [0, 0.05) is 6.42 Å². The summed E-state index contributed by atoms with van der Waals surface area (Å²) in [5.74, 6) is 0.631. The summed E-state index contributed by atoms with van der Waals surface area (Å²) in [7, 11) is 1.51. The van der Waals surface area contributed by atoms with Crippen LogP contribution in [0.25, 0.3) is 0 Å². The first-order valence-electron chi connectivity index (χ1n) is 4.46. The summed E-state index contributed by atoms with van der Waals surface area (Å²) in [5, 5.41) is 0. The van der Waals surface area contributed by atoms with Crippen LogP contribution in [-0.4, -0.2) is 19.3 Å². The van der Waals surface area contributed by atoms with Gasteiger partial charge in [0.25, 0.3) is 0 Å². The summed E-state index contributed by atoms with van der Waals surface area (Å²) < 4.78 is 41.5. The van der Waals surface area contributed by atoms with E-state index in [9.17, 15) is 13.2 Å². The van der Waals surface area contributed by atoms with Crippen molar-refractivity contribution in [3.05, 3.63) is 29.8 Å². The van der Waals surface area contributed by atoms with Crippen molar-refractivity contribution in [2.45, 2.75) is 18.6 Å². The van der Waals surface area contributed by atoms with E-state index >= 15 is 0 Å². The highest BCUT2D eigenvalue weighted by Crippen LogP contribution is 2.21. The van der Waals surface area contributed by atoms with E-state index in [0.717, 1.165) is 0 Å². The summed E-state index contributed by atoms with van der Waals surface area (Å²) in [5.41, 5.74) is 3.70. The number of benzene rings is 1. The van der Waals surface area contributed by atoms with Gasteiger partial charge in [0.2, 0.25) is 0 Å². The van der Waals surface area contributed by atoms with Crippen molar-refractivity contribution in [3.63, 3.8) is 0 Å². The van der Waals surface area contributed by atoms with Crippen molar-refractivity contribution < 1.29 is 23.6 Å². The van der Waals surface area contributed by atoms with Gasteiger partial charge in [-0.3, -0.25) is 0 Å². The SMILES string of the molecule is COc1ccc(CC([NH3+])C(F)(F)F)cc1. The maximum atomic E-state index is 12.2. The van der Waals surface area contributed by atoms with Crippen LogP contribution in [0.15, 0.2) is 24.3 Å². The second kappa shape index (κ2) is 4.53. The number of ether oxygens (including phenoxy) is 1. The zero-order valence-electron chi connectivity index (χ0n) is 8.34. The number of hydrogen-bond donors (Lipinski definition) is 1. The lowest BCUT2D eigenvalue weighted by molar-refractivity contribution is -0.480. The molecule has 1 atom stereocenters. The van der Waals surface area contributed by atoms with Gasteiger partial charge in [-0.15, -0.1) is 0 Å². The van der Waals surface area contributed by atoms with Crippen LogP contribution in [0.4, 0.5) is 13.2 Å². The molecule has 0 aliphatic heterocycles. The van der Waals surface area contributed by atoms with E-state index in [4.69, 9.17) is 4.74 Å². The Hall–Kier alpha value is -1.23. The van der Waals surface area contributed by atoms with Crippen LogP contribution < -0.4 is 10.5 Å². The smallest absolute Gasteiger partial charge is 0.441 e. The molecule has 0 aliphatic carbocycles. The Bertz CT molecular complexity index is 307. The molecular weight excluding hydrogens is 207 g/mol. The number of methoxy groups -OCH3 is 1. The van der Waals surface area contributed by atoms with Gasteiger partial charge < -0.3 is 10.5 Å². The molecule has 1 rings (SSSR count). The van der Waals surface area contributed by atoms with Crippen LogP contribution in [0.2, 0.25) is 0 Å². The molecule has 2 nitrogen and oxygen atoms in total. The molecule has 0 spiro atoms. The van der Waals surface area contributed by atoms with Crippen molar-refractivity contribution in [2.24, 2.45) is 0 Å². The molecule has 15 heavy (non-hydrogen) atoms. The Kier molecular flexibility index (Phi) is 3.57. The summed E-state index contributed by atoms with van der Waals surface area (Å²) >= 11 is 0. The van der Waals surface area contributed by atoms with Crippen LogP contribution >= 0.6 is 0 Å². The monoisotopic (exact) mass is 220 g/mol. The van der Waals surface area contributed by atoms with E-state index in [1.165, 1.54) is 7.11 Å². The van der Waals surface area contributed by atoms with Crippen molar-refractivity contribution in [2.75, 3.05) is 7.11 Å². The molecule has 0 saturated heterocycles. The fourth-order valence-corrected chi connectivity index (χ4v) is 1.16. The van der Waals surface area contributed by atoms with E-state index in [1.807, 2.05) is 0 Å². The van der Waals surface area contributed by atoms with Crippen LogP contribution in [0, 0.1) is 0 Å². The number of quaternary nitrogens is 1. The van der Waals surface area contributed by atoms with Gasteiger partial charge >= 0.3 is 6.18 Å². The maximum Gasteiger partial charge on any atom is 0.441 e. The third-order valence-electron chi connectivity index (χ3n) is 2.10. The summed E-state index contributed by atoms with van der Waals surface area (Å²) in [6.07, 6.45) is -4.34. The predicted octanol–water partition coefficient (Wildman–Crippen LogP) is 1.41. The van der Waals surface area contributed by atoms with Crippen molar-refractivity contribution in [1.29, 1.82) is 0 Å². The van der Waals surface area contributed by atoms with Crippen LogP contribution in [0.3, 0.4) is 0 Å². The van der Waals surface area contributed by atoms with Gasteiger partial charge in [-0.1, -0.05) is 12.1 Å². The number of alkyl halides is 3. The molecule has 1 unspecified atom stereocenters. The first-order chi connectivity index (χ1) is 6.93. The van der Waals surface area contributed by atoms with Crippen LogP contribution in [-0.2, 0) is 6.42 Å². The lowest BCUT2D eigenvalue weighted by atomic mass is 10.1. The number of rotatable bonds is 3. The Morgan fingerprint density at radius 1 is 1.27 bits per heavy atom. The molecule has 1 aromatic carbocycles. The van der Waals surface area contributed by atoms with E-state index in [2.05, 4.69) is 5.73 Å². The Morgan fingerprint density at radius 2 is 1.80 bits per heavy atom. The van der Waals surface area contributed by atoms with Crippen molar-refractivity contribution in [3.8, 4) is 5.75 Å². The van der Waals surface area contributed by atoms with E-state index in [0.29, 0.717) is 11.3 Å². The van der Waals surface area contributed by atoms with Gasteiger partial charge in [0.1, 0.15) is 5.75 Å². The third-order valence-corrected chi connectivity index (χ3v) is 2.10. The fourth-order valence-electron chi connectivity index (χ4n) is 1.16. The van der Waals surface area contributed by atoms with Gasteiger partial charge in [0.05, 0.1) is 7.11 Å². The average Bonchev–Trinajstić information content (AvgIpc) is 2.17. The molecule has 5 heteroatoms. The molecule has 0 aromatic heterocycles. The lowest BCUT2D eigenvalue weighted by Gasteiger charge is -2.12. The molecule has 0 amide bonds. The topological polar surface area (TPSA) is 36.9 Å². The predicted molar refractivity (Wildman–Crippen MR) is 49.4 cm³/mol. The molecule has 84 valence electrons. The lowest BCUT2D eigenvalue weighted by Crippen LogP contribution is -2.68. The standard InChI is InChI=1S/C10H12F3NO/c1-15-8-4-2-7(3-5-8)6-9(14)10(11,12)13/h2-5,9H,6,14H2,1H3/p+1. The third kappa shape index (κ3) is 3.43. The molecule has 1 aromatic rings. The van der Waals surface area contributed by atoms with Crippen LogP contribution in [0.1, 0.15) is 5.56 Å². The number of hydrogen-bond acceptors (Lipinski definition) is 1. The summed E-state index contributed by atoms with van der Waals surface area (Å²) in [6.45, 7) is 0. The van der Waals surface area contributed by atoms with Crippen molar-refractivity contribution in [1.82, 2.24) is 0 Å².